The molecule has 1 aromatic carbocycles. The number of H-pyrrole nitrogens is 2. The molecular weight excluding hydrogens is 282 g/mol. The Balaban J connectivity index is 0.000000172. The van der Waals surface area contributed by atoms with Gasteiger partial charge >= 0.3 is 0 Å². The Morgan fingerprint density at radius 1 is 1.04 bits per heavy atom. The van der Waals surface area contributed by atoms with Gasteiger partial charge in [0.25, 0.3) is 0 Å². The highest BCUT2D eigenvalue weighted by molar-refractivity contribution is 5.80. The number of benzene rings is 1. The minimum atomic E-state index is 0.0407. The molecular formula is C20H25N3. The van der Waals surface area contributed by atoms with E-state index >= 15 is 0 Å². The number of imidazole rings is 1. The Labute approximate surface area is 138 Å². The molecule has 0 amide bonds. The molecule has 0 unspecified atom stereocenters. The van der Waals surface area contributed by atoms with Crippen molar-refractivity contribution in [2.24, 2.45) is 0 Å². The van der Waals surface area contributed by atoms with Gasteiger partial charge in [-0.1, -0.05) is 52.1 Å². The molecule has 0 saturated carbocycles. The van der Waals surface area contributed by atoms with E-state index in [0.29, 0.717) is 0 Å². The lowest BCUT2D eigenvalue weighted by Crippen LogP contribution is -2.13. The first-order valence-electron chi connectivity index (χ1n) is 7.75. The quantitative estimate of drug-likeness (QED) is 0.648. The van der Waals surface area contributed by atoms with Crippen LogP contribution in [-0.2, 0) is 5.41 Å². The smallest absolute Gasteiger partial charge is 0.112 e. The van der Waals surface area contributed by atoms with Gasteiger partial charge < -0.3 is 9.97 Å². The SMILES string of the molecule is C=Cc1nc(C(C)(C)C)[nH]c1C=C.Cc1cc2ccccc2[nH]1. The Kier molecular flexibility index (Phi) is 4.89. The average Bonchev–Trinajstić information content (AvgIpc) is 3.08. The lowest BCUT2D eigenvalue weighted by molar-refractivity contribution is 0.552. The molecule has 3 aromatic rings. The number of aryl methyl sites for hydroxylation is 1. The lowest BCUT2D eigenvalue weighted by atomic mass is 9.96. The molecule has 0 aliphatic rings. The van der Waals surface area contributed by atoms with Crippen molar-refractivity contribution >= 4 is 23.1 Å². The van der Waals surface area contributed by atoms with Gasteiger partial charge in [-0.25, -0.2) is 4.98 Å². The molecule has 0 radical (unpaired) electrons. The molecule has 3 heteroatoms. The van der Waals surface area contributed by atoms with Gasteiger partial charge in [-0.2, -0.15) is 0 Å². The van der Waals surface area contributed by atoms with Crippen molar-refractivity contribution in [1.82, 2.24) is 15.0 Å². The molecule has 3 nitrogen and oxygen atoms in total. The summed E-state index contributed by atoms with van der Waals surface area (Å²) in [5.74, 6) is 0.970. The van der Waals surface area contributed by atoms with Crippen LogP contribution in [0, 0.1) is 6.92 Å². The highest BCUT2D eigenvalue weighted by Crippen LogP contribution is 2.21. The Hall–Kier alpha value is -2.55. The second-order valence-electron chi connectivity index (χ2n) is 6.58. The van der Waals surface area contributed by atoms with Crippen LogP contribution in [-0.4, -0.2) is 15.0 Å². The molecule has 0 bridgehead atoms. The average molecular weight is 307 g/mol. The summed E-state index contributed by atoms with van der Waals surface area (Å²) in [6.45, 7) is 15.8. The number of nitrogens with one attached hydrogen (secondary N) is 2. The zero-order valence-corrected chi connectivity index (χ0v) is 14.4. The number of hydrogen-bond acceptors (Lipinski definition) is 1. The molecule has 23 heavy (non-hydrogen) atoms. The summed E-state index contributed by atoms with van der Waals surface area (Å²) in [6.07, 6.45) is 3.50. The molecule has 0 aliphatic heterocycles. The van der Waals surface area contributed by atoms with Crippen molar-refractivity contribution in [3.63, 3.8) is 0 Å². The number of nitrogens with zero attached hydrogens (tertiary/aromatic N) is 1. The van der Waals surface area contributed by atoms with Crippen molar-refractivity contribution in [2.75, 3.05) is 0 Å². The van der Waals surface area contributed by atoms with E-state index < -0.39 is 0 Å². The first-order chi connectivity index (χ1) is 10.8. The van der Waals surface area contributed by atoms with Gasteiger partial charge in [0.15, 0.2) is 0 Å². The van der Waals surface area contributed by atoms with Crippen LogP contribution in [0.2, 0.25) is 0 Å². The fourth-order valence-electron chi connectivity index (χ4n) is 2.29. The molecule has 3 rings (SSSR count). The summed E-state index contributed by atoms with van der Waals surface area (Å²) in [7, 11) is 0. The fourth-order valence-corrected chi connectivity index (χ4v) is 2.29. The maximum absolute atomic E-state index is 4.43. The monoisotopic (exact) mass is 307 g/mol. The van der Waals surface area contributed by atoms with E-state index in [9.17, 15) is 0 Å². The predicted octanol–water partition coefficient (Wildman–Crippen LogP) is 5.47. The zero-order valence-electron chi connectivity index (χ0n) is 14.4. The van der Waals surface area contributed by atoms with Gasteiger partial charge in [0.2, 0.25) is 0 Å². The van der Waals surface area contributed by atoms with Crippen molar-refractivity contribution in [1.29, 1.82) is 0 Å². The van der Waals surface area contributed by atoms with E-state index in [2.05, 4.69) is 80.1 Å². The molecule has 0 aliphatic carbocycles. The van der Waals surface area contributed by atoms with Crippen LogP contribution in [0.5, 0.6) is 0 Å². The highest BCUT2D eigenvalue weighted by Gasteiger charge is 2.18. The maximum Gasteiger partial charge on any atom is 0.112 e. The third-order valence-corrected chi connectivity index (χ3v) is 3.53. The van der Waals surface area contributed by atoms with Crippen molar-refractivity contribution in [3.8, 4) is 0 Å². The summed E-state index contributed by atoms with van der Waals surface area (Å²) in [6, 6.07) is 10.4. The summed E-state index contributed by atoms with van der Waals surface area (Å²) < 4.78 is 0. The number of rotatable bonds is 2. The van der Waals surface area contributed by atoms with Gasteiger partial charge in [0.1, 0.15) is 5.82 Å². The van der Waals surface area contributed by atoms with Crippen LogP contribution in [0.15, 0.2) is 43.5 Å². The maximum atomic E-state index is 4.43. The zero-order chi connectivity index (χ0) is 17.0. The summed E-state index contributed by atoms with van der Waals surface area (Å²) in [5.41, 5.74) is 4.31. The van der Waals surface area contributed by atoms with Gasteiger partial charge in [-0.15, -0.1) is 0 Å². The highest BCUT2D eigenvalue weighted by atomic mass is 14.9. The first kappa shape index (κ1) is 16.8. The van der Waals surface area contributed by atoms with E-state index in [1.165, 1.54) is 16.6 Å². The molecule has 0 saturated heterocycles. The molecule has 2 heterocycles. The molecule has 2 N–H and O–H groups in total. The third-order valence-electron chi connectivity index (χ3n) is 3.53. The minimum absolute atomic E-state index is 0.0407. The standard InChI is InChI=1S/C11H16N2.C9H9N/c1-6-8-9(7-2)13-10(12-8)11(3,4)5;1-7-6-8-4-2-3-5-9(8)10-7/h6-7H,1-2H2,3-5H3,(H,12,13);2-6,10H,1H3. The third kappa shape index (κ3) is 4.01. The van der Waals surface area contributed by atoms with E-state index in [4.69, 9.17) is 0 Å². The molecule has 0 atom stereocenters. The summed E-state index contributed by atoms with van der Waals surface area (Å²) in [5, 5.41) is 1.29. The number of para-hydroxylation sites is 1. The largest absolute Gasteiger partial charge is 0.359 e. The van der Waals surface area contributed by atoms with Crippen LogP contribution in [0.1, 0.15) is 43.7 Å². The van der Waals surface area contributed by atoms with Crippen LogP contribution < -0.4 is 0 Å². The van der Waals surface area contributed by atoms with Gasteiger partial charge in [-0.05, 0) is 36.6 Å². The number of aromatic amines is 2. The fraction of sp³-hybridized carbons (Fsp3) is 0.250. The first-order valence-corrected chi connectivity index (χ1v) is 7.75. The van der Waals surface area contributed by atoms with E-state index in [1.54, 1.807) is 12.2 Å². The number of fused-ring (bicyclic) bond motifs is 1. The van der Waals surface area contributed by atoms with Crippen LogP contribution in [0.3, 0.4) is 0 Å². The Bertz CT molecular complexity index is 754. The second-order valence-corrected chi connectivity index (χ2v) is 6.58. The summed E-state index contributed by atoms with van der Waals surface area (Å²) >= 11 is 0. The minimum Gasteiger partial charge on any atom is -0.359 e. The number of hydrogen-bond donors (Lipinski definition) is 2. The van der Waals surface area contributed by atoms with Gasteiger partial charge in [0, 0.05) is 16.6 Å². The van der Waals surface area contributed by atoms with E-state index in [1.807, 2.05) is 6.07 Å². The van der Waals surface area contributed by atoms with Crippen LogP contribution in [0.25, 0.3) is 23.1 Å². The Morgan fingerprint density at radius 3 is 2.26 bits per heavy atom. The second kappa shape index (κ2) is 6.69. The van der Waals surface area contributed by atoms with Gasteiger partial charge in [0.05, 0.1) is 11.4 Å². The molecule has 0 spiro atoms. The molecule has 2 aromatic heterocycles. The van der Waals surface area contributed by atoms with Crippen LogP contribution >= 0.6 is 0 Å². The molecule has 0 fully saturated rings. The van der Waals surface area contributed by atoms with Crippen molar-refractivity contribution < 1.29 is 0 Å². The number of aromatic nitrogens is 3. The van der Waals surface area contributed by atoms with Gasteiger partial charge in [-0.3, -0.25) is 0 Å². The van der Waals surface area contributed by atoms with Crippen molar-refractivity contribution in [2.45, 2.75) is 33.1 Å². The predicted molar refractivity (Wildman–Crippen MR) is 101 cm³/mol. The van der Waals surface area contributed by atoms with E-state index in [-0.39, 0.29) is 5.41 Å². The van der Waals surface area contributed by atoms with E-state index in [0.717, 1.165) is 17.2 Å². The summed E-state index contributed by atoms with van der Waals surface area (Å²) in [4.78, 5) is 10.9. The molecule has 120 valence electrons. The van der Waals surface area contributed by atoms with Crippen molar-refractivity contribution in [3.05, 3.63) is 66.4 Å². The lowest BCUT2D eigenvalue weighted by Gasteiger charge is -2.13. The van der Waals surface area contributed by atoms with Crippen LogP contribution in [0.4, 0.5) is 0 Å². The normalized spacial score (nSPS) is 11.0. The topological polar surface area (TPSA) is 44.5 Å². The Morgan fingerprint density at radius 2 is 1.74 bits per heavy atom.